The molecule has 1 heterocycles. The third-order valence-electron chi connectivity index (χ3n) is 3.32. The van der Waals surface area contributed by atoms with Crippen LogP contribution in [0, 0.1) is 0 Å². The maximum atomic E-state index is 12.1. The summed E-state index contributed by atoms with van der Waals surface area (Å²) in [6, 6.07) is 16.1. The van der Waals surface area contributed by atoms with Crippen LogP contribution >= 0.6 is 11.8 Å². The third kappa shape index (κ3) is 2.37. The minimum atomic E-state index is 0.128. The van der Waals surface area contributed by atoms with Gasteiger partial charge in [0.15, 0.2) is 0 Å². The summed E-state index contributed by atoms with van der Waals surface area (Å²) >= 11 is 1.31. The average Bonchev–Trinajstić information content (AvgIpc) is 2.76. The van der Waals surface area contributed by atoms with Crippen molar-refractivity contribution in [3.63, 3.8) is 0 Å². The molecule has 0 atom stereocenters. The van der Waals surface area contributed by atoms with Crippen LogP contribution in [0.2, 0.25) is 0 Å². The Balaban J connectivity index is 1.98. The van der Waals surface area contributed by atoms with Crippen molar-refractivity contribution in [2.24, 2.45) is 0 Å². The standard InChI is InChI=1S/C17H15NOS/c1-18(2)13-9-7-12(8-10-13)11-15-14-5-3-4-6-16(14)20-17(15)19/h3-11H,1-2H3/b15-11-. The van der Waals surface area contributed by atoms with Gasteiger partial charge in [-0.2, -0.15) is 0 Å². The number of anilines is 1. The number of hydrogen-bond acceptors (Lipinski definition) is 3. The van der Waals surface area contributed by atoms with Gasteiger partial charge in [0.25, 0.3) is 0 Å². The first-order valence-electron chi connectivity index (χ1n) is 6.46. The van der Waals surface area contributed by atoms with Crippen molar-refractivity contribution in [3.8, 4) is 0 Å². The van der Waals surface area contributed by atoms with Gasteiger partial charge in [0, 0.05) is 35.8 Å². The van der Waals surface area contributed by atoms with E-state index in [9.17, 15) is 4.79 Å². The lowest BCUT2D eigenvalue weighted by Gasteiger charge is -2.11. The van der Waals surface area contributed by atoms with Crippen LogP contribution in [-0.4, -0.2) is 19.2 Å². The van der Waals surface area contributed by atoms with E-state index in [-0.39, 0.29) is 5.12 Å². The second-order valence-corrected chi connectivity index (χ2v) is 5.94. The highest BCUT2D eigenvalue weighted by Gasteiger charge is 2.24. The third-order valence-corrected chi connectivity index (χ3v) is 4.30. The Morgan fingerprint density at radius 1 is 1.00 bits per heavy atom. The van der Waals surface area contributed by atoms with Crippen LogP contribution in [0.15, 0.2) is 53.4 Å². The zero-order valence-electron chi connectivity index (χ0n) is 11.5. The molecule has 0 fully saturated rings. The largest absolute Gasteiger partial charge is 0.378 e. The van der Waals surface area contributed by atoms with E-state index in [2.05, 4.69) is 17.0 Å². The molecular weight excluding hydrogens is 266 g/mol. The first kappa shape index (κ1) is 13.0. The number of carbonyl (C=O) groups is 1. The van der Waals surface area contributed by atoms with Gasteiger partial charge in [-0.3, -0.25) is 4.79 Å². The topological polar surface area (TPSA) is 20.3 Å². The van der Waals surface area contributed by atoms with Gasteiger partial charge in [0.2, 0.25) is 5.12 Å². The normalized spacial score (nSPS) is 15.5. The molecule has 2 aromatic carbocycles. The van der Waals surface area contributed by atoms with Gasteiger partial charge < -0.3 is 4.90 Å². The molecular formula is C17H15NOS. The molecule has 0 bridgehead atoms. The Bertz CT molecular complexity index is 686. The SMILES string of the molecule is CN(C)c1ccc(/C=C2\C(=O)Sc3ccccc32)cc1. The molecule has 1 aliphatic heterocycles. The van der Waals surface area contributed by atoms with Gasteiger partial charge >= 0.3 is 0 Å². The van der Waals surface area contributed by atoms with Gasteiger partial charge in [0.05, 0.1) is 0 Å². The van der Waals surface area contributed by atoms with Crippen molar-refractivity contribution < 1.29 is 4.79 Å². The molecule has 0 N–H and O–H groups in total. The number of benzene rings is 2. The van der Waals surface area contributed by atoms with Gasteiger partial charge in [-0.1, -0.05) is 30.3 Å². The minimum absolute atomic E-state index is 0.128. The number of rotatable bonds is 2. The van der Waals surface area contributed by atoms with E-state index in [0.717, 1.165) is 27.3 Å². The van der Waals surface area contributed by atoms with E-state index in [1.54, 1.807) is 0 Å². The van der Waals surface area contributed by atoms with Crippen LogP contribution in [0.25, 0.3) is 11.6 Å². The first-order chi connectivity index (χ1) is 9.65. The lowest BCUT2D eigenvalue weighted by molar-refractivity contribution is -0.106. The van der Waals surface area contributed by atoms with Crippen molar-refractivity contribution >= 4 is 34.2 Å². The van der Waals surface area contributed by atoms with Gasteiger partial charge in [0.1, 0.15) is 0 Å². The van der Waals surface area contributed by atoms with Gasteiger partial charge in [-0.05, 0) is 41.6 Å². The molecule has 3 heteroatoms. The highest BCUT2D eigenvalue weighted by atomic mass is 32.2. The van der Waals surface area contributed by atoms with Gasteiger partial charge in [-0.25, -0.2) is 0 Å². The Morgan fingerprint density at radius 2 is 1.70 bits per heavy atom. The molecule has 0 radical (unpaired) electrons. The van der Waals surface area contributed by atoms with Crippen LogP contribution < -0.4 is 4.90 Å². The molecule has 0 spiro atoms. The van der Waals surface area contributed by atoms with E-state index in [0.29, 0.717) is 0 Å². The molecule has 0 amide bonds. The van der Waals surface area contributed by atoms with Crippen molar-refractivity contribution in [2.75, 3.05) is 19.0 Å². The molecule has 0 aliphatic carbocycles. The molecule has 0 aromatic heterocycles. The zero-order valence-corrected chi connectivity index (χ0v) is 12.3. The van der Waals surface area contributed by atoms with Crippen molar-refractivity contribution in [1.82, 2.24) is 0 Å². The second-order valence-electron chi connectivity index (χ2n) is 4.93. The summed E-state index contributed by atoms with van der Waals surface area (Å²) in [5.74, 6) is 0. The summed E-state index contributed by atoms with van der Waals surface area (Å²) in [7, 11) is 4.03. The molecule has 2 nitrogen and oxygen atoms in total. The fourth-order valence-corrected chi connectivity index (χ4v) is 3.13. The number of carbonyl (C=O) groups excluding carboxylic acids is 1. The fraction of sp³-hybridized carbons (Fsp3) is 0.118. The summed E-state index contributed by atoms with van der Waals surface area (Å²) in [4.78, 5) is 15.2. The number of fused-ring (bicyclic) bond motifs is 1. The maximum Gasteiger partial charge on any atom is 0.224 e. The van der Waals surface area contributed by atoms with E-state index in [4.69, 9.17) is 0 Å². The summed E-state index contributed by atoms with van der Waals surface area (Å²) in [5, 5.41) is 0.128. The molecule has 2 aromatic rings. The second kappa shape index (κ2) is 5.17. The van der Waals surface area contributed by atoms with E-state index in [1.807, 2.05) is 56.6 Å². The van der Waals surface area contributed by atoms with Crippen LogP contribution in [0.3, 0.4) is 0 Å². The quantitative estimate of drug-likeness (QED) is 0.778. The van der Waals surface area contributed by atoms with E-state index in [1.165, 1.54) is 11.8 Å². The maximum absolute atomic E-state index is 12.1. The molecule has 3 rings (SSSR count). The number of thioether (sulfide) groups is 1. The van der Waals surface area contributed by atoms with Gasteiger partial charge in [-0.15, -0.1) is 0 Å². The average molecular weight is 281 g/mol. The molecule has 20 heavy (non-hydrogen) atoms. The fourth-order valence-electron chi connectivity index (χ4n) is 2.21. The number of nitrogens with zero attached hydrogens (tertiary/aromatic N) is 1. The highest BCUT2D eigenvalue weighted by Crippen LogP contribution is 2.40. The van der Waals surface area contributed by atoms with Crippen molar-refractivity contribution in [2.45, 2.75) is 4.90 Å². The minimum Gasteiger partial charge on any atom is -0.378 e. The molecule has 0 saturated heterocycles. The van der Waals surface area contributed by atoms with E-state index >= 15 is 0 Å². The number of hydrogen-bond donors (Lipinski definition) is 0. The summed E-state index contributed by atoms with van der Waals surface area (Å²) in [6.07, 6.45) is 1.97. The van der Waals surface area contributed by atoms with Crippen molar-refractivity contribution in [1.29, 1.82) is 0 Å². The molecule has 0 unspecified atom stereocenters. The molecule has 0 saturated carbocycles. The predicted octanol–water partition coefficient (Wildman–Crippen LogP) is 3.93. The molecule has 1 aliphatic rings. The lowest BCUT2D eigenvalue weighted by atomic mass is 10.0. The summed E-state index contributed by atoms with van der Waals surface area (Å²) in [5.41, 5.74) is 4.04. The molecule has 100 valence electrons. The lowest BCUT2D eigenvalue weighted by Crippen LogP contribution is -2.07. The zero-order chi connectivity index (χ0) is 14.1. The van der Waals surface area contributed by atoms with E-state index < -0.39 is 0 Å². The highest BCUT2D eigenvalue weighted by molar-refractivity contribution is 8.15. The first-order valence-corrected chi connectivity index (χ1v) is 7.27. The Hall–Kier alpha value is -2.00. The monoisotopic (exact) mass is 281 g/mol. The Labute approximate surface area is 123 Å². The van der Waals surface area contributed by atoms with Crippen molar-refractivity contribution in [3.05, 3.63) is 59.7 Å². The Morgan fingerprint density at radius 3 is 2.40 bits per heavy atom. The Kier molecular flexibility index (Phi) is 3.36. The van der Waals surface area contributed by atoms with Crippen LogP contribution in [0.1, 0.15) is 11.1 Å². The van der Waals surface area contributed by atoms with Crippen LogP contribution in [-0.2, 0) is 4.79 Å². The predicted molar refractivity (Wildman–Crippen MR) is 85.9 cm³/mol. The summed E-state index contributed by atoms with van der Waals surface area (Å²) in [6.45, 7) is 0. The van der Waals surface area contributed by atoms with Crippen LogP contribution in [0.5, 0.6) is 0 Å². The smallest absolute Gasteiger partial charge is 0.224 e. The summed E-state index contributed by atoms with van der Waals surface area (Å²) < 4.78 is 0. The van der Waals surface area contributed by atoms with Crippen LogP contribution in [0.4, 0.5) is 5.69 Å².